The highest BCUT2D eigenvalue weighted by Crippen LogP contribution is 2.24. The molecule has 0 radical (unpaired) electrons. The van der Waals surface area contributed by atoms with Crippen LogP contribution in [0.25, 0.3) is 10.9 Å². The molecule has 3 rings (SSSR count). The maximum atomic E-state index is 11.9. The van der Waals surface area contributed by atoms with Gasteiger partial charge in [-0.2, -0.15) is 5.10 Å². The van der Waals surface area contributed by atoms with Crippen LogP contribution in [0.2, 0.25) is 5.15 Å². The van der Waals surface area contributed by atoms with E-state index in [-0.39, 0.29) is 17.5 Å². The van der Waals surface area contributed by atoms with Crippen molar-refractivity contribution >= 4 is 34.6 Å². The van der Waals surface area contributed by atoms with Gasteiger partial charge in [0.1, 0.15) is 10.9 Å². The highest BCUT2D eigenvalue weighted by atomic mass is 35.5. The molecule has 1 aromatic heterocycles. The lowest BCUT2D eigenvalue weighted by molar-refractivity contribution is -0.159. The number of methoxy groups -OCH3 is 1. The Labute approximate surface area is 149 Å². The number of benzene rings is 1. The third-order valence-electron chi connectivity index (χ3n) is 3.78. The third kappa shape index (κ3) is 4.25. The number of rotatable bonds is 5. The Morgan fingerprint density at radius 1 is 1.44 bits per heavy atom. The molecule has 25 heavy (non-hydrogen) atoms. The quantitative estimate of drug-likeness (QED) is 0.501. The van der Waals surface area contributed by atoms with E-state index in [1.54, 1.807) is 20.1 Å². The number of hydrogen-bond acceptors (Lipinski definition) is 6. The first-order valence-corrected chi connectivity index (χ1v) is 8.11. The Kier molecular flexibility index (Phi) is 5.17. The number of ether oxygens (including phenoxy) is 3. The molecule has 2 heterocycles. The minimum atomic E-state index is -0.888. The number of nitrogens with zero attached hydrogens (tertiary/aromatic N) is 2. The van der Waals surface area contributed by atoms with Crippen molar-refractivity contribution in [3.8, 4) is 5.75 Å². The van der Waals surface area contributed by atoms with Gasteiger partial charge in [0.2, 0.25) is 5.91 Å². The average molecular weight is 364 g/mol. The SMILES string of the molecule is COc1ccc2cc(/C=N/NC(=O)CC3(C)OCCO3)c(Cl)nc2c1. The summed E-state index contributed by atoms with van der Waals surface area (Å²) in [5.74, 6) is -0.495. The summed E-state index contributed by atoms with van der Waals surface area (Å²) in [5, 5.41) is 5.10. The van der Waals surface area contributed by atoms with Crippen molar-refractivity contribution in [3.05, 3.63) is 35.0 Å². The van der Waals surface area contributed by atoms with Crippen LogP contribution in [0.5, 0.6) is 5.75 Å². The molecule has 1 amide bonds. The van der Waals surface area contributed by atoms with Gasteiger partial charge in [0, 0.05) is 17.0 Å². The number of halogens is 1. The van der Waals surface area contributed by atoms with Crippen LogP contribution in [-0.2, 0) is 14.3 Å². The molecule has 7 nitrogen and oxygen atoms in total. The van der Waals surface area contributed by atoms with Crippen molar-refractivity contribution in [3.63, 3.8) is 0 Å². The van der Waals surface area contributed by atoms with Crippen LogP contribution in [-0.4, -0.2) is 43.2 Å². The van der Waals surface area contributed by atoms with Crippen molar-refractivity contribution in [2.24, 2.45) is 5.10 Å². The van der Waals surface area contributed by atoms with E-state index in [0.29, 0.717) is 30.0 Å². The first-order chi connectivity index (χ1) is 12.0. The van der Waals surface area contributed by atoms with Crippen LogP contribution < -0.4 is 10.2 Å². The van der Waals surface area contributed by atoms with Crippen molar-refractivity contribution < 1.29 is 19.0 Å². The molecule has 1 N–H and O–H groups in total. The first-order valence-electron chi connectivity index (χ1n) is 7.73. The molecule has 132 valence electrons. The molecule has 0 atom stereocenters. The molecule has 2 aromatic rings. The standard InChI is InChI=1S/C17H18ClN3O4/c1-17(24-5-6-25-17)9-15(22)21-19-10-12-7-11-3-4-13(23-2)8-14(11)20-16(12)18/h3-4,7-8,10H,5-6,9H2,1-2H3,(H,21,22)/b19-10+. The molecule has 0 spiro atoms. The second-order valence-corrected chi connectivity index (χ2v) is 6.09. The molecule has 8 heteroatoms. The van der Waals surface area contributed by atoms with Crippen LogP contribution >= 0.6 is 11.6 Å². The van der Waals surface area contributed by atoms with Gasteiger partial charge in [-0.05, 0) is 25.1 Å². The Morgan fingerprint density at radius 2 is 2.20 bits per heavy atom. The van der Waals surface area contributed by atoms with Crippen molar-refractivity contribution in [1.82, 2.24) is 10.4 Å². The van der Waals surface area contributed by atoms with Gasteiger partial charge in [-0.3, -0.25) is 4.79 Å². The fraction of sp³-hybridized carbons (Fsp3) is 0.353. The summed E-state index contributed by atoms with van der Waals surface area (Å²) in [6.45, 7) is 2.69. The Balaban J connectivity index is 1.68. The predicted molar refractivity (Wildman–Crippen MR) is 94.0 cm³/mol. The van der Waals surface area contributed by atoms with E-state index >= 15 is 0 Å². The number of aromatic nitrogens is 1. The maximum Gasteiger partial charge on any atom is 0.245 e. The van der Waals surface area contributed by atoms with Gasteiger partial charge >= 0.3 is 0 Å². The van der Waals surface area contributed by atoms with E-state index in [9.17, 15) is 4.79 Å². The molecular formula is C17H18ClN3O4. The van der Waals surface area contributed by atoms with Gasteiger partial charge < -0.3 is 14.2 Å². The zero-order valence-electron chi connectivity index (χ0n) is 13.9. The molecule has 1 fully saturated rings. The molecule has 0 saturated carbocycles. The number of nitrogens with one attached hydrogen (secondary N) is 1. The predicted octanol–water partition coefficient (Wildman–Crippen LogP) is 2.50. The highest BCUT2D eigenvalue weighted by Gasteiger charge is 2.33. The fourth-order valence-electron chi connectivity index (χ4n) is 2.52. The van der Waals surface area contributed by atoms with Gasteiger partial charge in [-0.1, -0.05) is 11.6 Å². The summed E-state index contributed by atoms with van der Waals surface area (Å²) < 4.78 is 15.9. The number of pyridine rings is 1. The van der Waals surface area contributed by atoms with Crippen LogP contribution in [0.1, 0.15) is 18.9 Å². The summed E-state index contributed by atoms with van der Waals surface area (Å²) in [4.78, 5) is 16.2. The smallest absolute Gasteiger partial charge is 0.245 e. The van der Waals surface area contributed by atoms with E-state index in [0.717, 1.165) is 5.39 Å². The van der Waals surface area contributed by atoms with Gasteiger partial charge in [-0.15, -0.1) is 0 Å². The number of carbonyl (C=O) groups excluding carboxylic acids is 1. The van der Waals surface area contributed by atoms with Crippen molar-refractivity contribution in [1.29, 1.82) is 0 Å². The minimum Gasteiger partial charge on any atom is -0.497 e. The van der Waals surface area contributed by atoms with Crippen LogP contribution in [0, 0.1) is 0 Å². The maximum absolute atomic E-state index is 11.9. The van der Waals surface area contributed by atoms with E-state index in [1.165, 1.54) is 6.21 Å². The van der Waals surface area contributed by atoms with Gasteiger partial charge in [0.15, 0.2) is 5.79 Å². The number of amides is 1. The molecule has 1 aliphatic rings. The molecule has 0 unspecified atom stereocenters. The summed E-state index contributed by atoms with van der Waals surface area (Å²) >= 11 is 6.18. The number of hydrazone groups is 1. The molecule has 1 aliphatic heterocycles. The normalized spacial score (nSPS) is 16.4. The van der Waals surface area contributed by atoms with Gasteiger partial charge in [0.25, 0.3) is 0 Å². The van der Waals surface area contributed by atoms with Crippen LogP contribution in [0.15, 0.2) is 29.4 Å². The lowest BCUT2D eigenvalue weighted by Crippen LogP contribution is -2.33. The molecule has 0 aliphatic carbocycles. The molecular weight excluding hydrogens is 346 g/mol. The second-order valence-electron chi connectivity index (χ2n) is 5.73. The van der Waals surface area contributed by atoms with E-state index < -0.39 is 5.79 Å². The summed E-state index contributed by atoms with van der Waals surface area (Å²) in [7, 11) is 1.59. The lowest BCUT2D eigenvalue weighted by atomic mass is 10.1. The third-order valence-corrected chi connectivity index (χ3v) is 4.08. The molecule has 1 aromatic carbocycles. The topological polar surface area (TPSA) is 82.0 Å². The minimum absolute atomic E-state index is 0.0633. The average Bonchev–Trinajstić information content (AvgIpc) is 3.00. The zero-order valence-corrected chi connectivity index (χ0v) is 14.7. The van der Waals surface area contributed by atoms with Crippen LogP contribution in [0.3, 0.4) is 0 Å². The van der Waals surface area contributed by atoms with Crippen molar-refractivity contribution in [2.45, 2.75) is 19.1 Å². The molecule has 1 saturated heterocycles. The fourth-order valence-corrected chi connectivity index (χ4v) is 2.72. The van der Waals surface area contributed by atoms with E-state index in [1.807, 2.05) is 18.2 Å². The summed E-state index contributed by atoms with van der Waals surface area (Å²) in [6.07, 6.45) is 1.52. The van der Waals surface area contributed by atoms with E-state index in [4.69, 9.17) is 25.8 Å². The summed E-state index contributed by atoms with van der Waals surface area (Å²) in [5.41, 5.74) is 3.75. The number of hydrogen-bond donors (Lipinski definition) is 1. The Hall–Kier alpha value is -2.22. The van der Waals surface area contributed by atoms with Crippen molar-refractivity contribution in [2.75, 3.05) is 20.3 Å². The zero-order chi connectivity index (χ0) is 17.9. The number of carbonyl (C=O) groups is 1. The van der Waals surface area contributed by atoms with Gasteiger partial charge in [-0.25, -0.2) is 10.4 Å². The van der Waals surface area contributed by atoms with Crippen LogP contribution in [0.4, 0.5) is 0 Å². The summed E-state index contributed by atoms with van der Waals surface area (Å²) in [6, 6.07) is 7.35. The second kappa shape index (κ2) is 7.35. The lowest BCUT2D eigenvalue weighted by Gasteiger charge is -2.20. The highest BCUT2D eigenvalue weighted by molar-refractivity contribution is 6.32. The first kappa shape index (κ1) is 17.6. The monoisotopic (exact) mass is 363 g/mol. The van der Waals surface area contributed by atoms with Gasteiger partial charge in [0.05, 0.1) is 38.5 Å². The Bertz CT molecular complexity index is 819. The Morgan fingerprint density at radius 3 is 2.92 bits per heavy atom. The largest absolute Gasteiger partial charge is 0.497 e. The molecule has 0 bridgehead atoms. The number of fused-ring (bicyclic) bond motifs is 1. The van der Waals surface area contributed by atoms with E-state index in [2.05, 4.69) is 15.5 Å².